The number of aliphatic carboxylic acids is 1. The van der Waals surface area contributed by atoms with Crippen molar-refractivity contribution in [1.29, 1.82) is 0 Å². The van der Waals surface area contributed by atoms with Gasteiger partial charge in [0.05, 0.1) is 0 Å². The van der Waals surface area contributed by atoms with Crippen LogP contribution in [0.4, 0.5) is 0 Å². The van der Waals surface area contributed by atoms with Gasteiger partial charge in [-0.3, -0.25) is 4.79 Å². The number of hydrogen-bond donors (Lipinski definition) is 1. The van der Waals surface area contributed by atoms with Crippen molar-refractivity contribution in [2.24, 2.45) is 0 Å². The zero-order valence-corrected chi connectivity index (χ0v) is 16.3. The number of carboxylic acid groups (broad SMARTS) is 1. The van der Waals surface area contributed by atoms with Crippen LogP contribution >= 0.6 is 0 Å². The fourth-order valence-electron chi connectivity index (χ4n) is 2.35. The van der Waals surface area contributed by atoms with Crippen LogP contribution in [0.5, 0.6) is 0 Å². The van der Waals surface area contributed by atoms with Gasteiger partial charge in [-0.1, -0.05) is 70.4 Å². The second-order valence-corrected chi connectivity index (χ2v) is 5.73. The first-order valence-corrected chi connectivity index (χ1v) is 8.64. The molecule has 2 nitrogen and oxygen atoms in total. The maximum absolute atomic E-state index is 10.3. The molecule has 1 N–H and O–H groups in total. The molecule has 0 saturated heterocycles. The van der Waals surface area contributed by atoms with E-state index in [-0.39, 0.29) is 37.7 Å². The quantitative estimate of drug-likeness (QED) is 0.237. The Morgan fingerprint density at radius 2 is 1.19 bits per heavy atom. The molecular weight excluding hydrogens is 288 g/mol. The maximum atomic E-state index is 10.3. The summed E-state index contributed by atoms with van der Waals surface area (Å²) in [6, 6.07) is 0. The first-order chi connectivity index (χ1) is 9.77. The molecule has 0 spiro atoms. The second kappa shape index (κ2) is 20.5. The summed E-state index contributed by atoms with van der Waals surface area (Å²) in [6.45, 7) is 2.26. The number of allylic oxidation sites excluding steroid dienone is 2. The SMILES string of the molecule is CCCCCCCC/C=C\CCCCCCCC(=O)O.[Ca+2]. The fraction of sp³-hybridized carbons (Fsp3) is 0.833. The fourth-order valence-corrected chi connectivity index (χ4v) is 2.35. The topological polar surface area (TPSA) is 37.3 Å². The van der Waals surface area contributed by atoms with E-state index in [1.807, 2.05) is 0 Å². The zero-order valence-electron chi connectivity index (χ0n) is 14.1. The van der Waals surface area contributed by atoms with E-state index in [9.17, 15) is 4.79 Å². The largest absolute Gasteiger partial charge is 2.00 e. The van der Waals surface area contributed by atoms with Gasteiger partial charge < -0.3 is 5.11 Å². The molecule has 0 aromatic heterocycles. The molecule has 0 aliphatic carbocycles. The molecule has 0 saturated carbocycles. The minimum atomic E-state index is -0.664. The number of hydrogen-bond acceptors (Lipinski definition) is 1. The predicted molar refractivity (Wildman–Crippen MR) is 92.8 cm³/mol. The first-order valence-electron chi connectivity index (χ1n) is 8.64. The van der Waals surface area contributed by atoms with E-state index in [4.69, 9.17) is 5.11 Å². The molecule has 0 heterocycles. The molecule has 0 radical (unpaired) electrons. The summed E-state index contributed by atoms with van der Waals surface area (Å²) in [5, 5.41) is 8.51. The minimum absolute atomic E-state index is 0. The van der Waals surface area contributed by atoms with Crippen LogP contribution in [-0.2, 0) is 4.79 Å². The van der Waals surface area contributed by atoms with Crippen LogP contribution in [0, 0.1) is 0 Å². The van der Waals surface area contributed by atoms with Gasteiger partial charge in [-0.2, -0.15) is 0 Å². The Morgan fingerprint density at radius 3 is 1.67 bits per heavy atom. The third-order valence-electron chi connectivity index (χ3n) is 3.65. The van der Waals surface area contributed by atoms with E-state index >= 15 is 0 Å². The van der Waals surface area contributed by atoms with Crippen LogP contribution in [0.3, 0.4) is 0 Å². The van der Waals surface area contributed by atoms with Crippen molar-refractivity contribution in [2.75, 3.05) is 0 Å². The van der Waals surface area contributed by atoms with E-state index < -0.39 is 5.97 Å². The van der Waals surface area contributed by atoms with Crippen molar-refractivity contribution in [1.82, 2.24) is 0 Å². The van der Waals surface area contributed by atoms with Gasteiger partial charge in [0.1, 0.15) is 0 Å². The van der Waals surface area contributed by atoms with Gasteiger partial charge in [-0.05, 0) is 32.1 Å². The number of carbonyl (C=O) groups is 1. The Bertz CT molecular complexity index is 239. The van der Waals surface area contributed by atoms with E-state index in [2.05, 4.69) is 19.1 Å². The summed E-state index contributed by atoms with van der Waals surface area (Å²) < 4.78 is 0. The summed E-state index contributed by atoms with van der Waals surface area (Å²) in [5.41, 5.74) is 0. The third-order valence-corrected chi connectivity index (χ3v) is 3.65. The summed E-state index contributed by atoms with van der Waals surface area (Å²) in [5.74, 6) is -0.664. The molecule has 0 fully saturated rings. The van der Waals surface area contributed by atoms with Crippen LogP contribution < -0.4 is 0 Å². The standard InChI is InChI=1S/C18H34O2.Ca/c1-2-3-4-5-6-7-8-9-10-11-12-13-14-15-16-17-18(19)20;/h9-10H,2-8,11-17H2,1H3,(H,19,20);/q;+2/b10-9-;. The summed E-state index contributed by atoms with van der Waals surface area (Å²) in [6.07, 6.45) is 21.2. The van der Waals surface area contributed by atoms with E-state index in [1.165, 1.54) is 70.6 Å². The number of unbranched alkanes of at least 4 members (excludes halogenated alkanes) is 11. The van der Waals surface area contributed by atoms with Crippen LogP contribution in [0.25, 0.3) is 0 Å². The van der Waals surface area contributed by atoms with Crippen molar-refractivity contribution < 1.29 is 9.90 Å². The average Bonchev–Trinajstić information content (AvgIpc) is 2.43. The molecule has 0 aliphatic rings. The molecule has 0 aliphatic heterocycles. The Kier molecular flexibility index (Phi) is 23.1. The van der Waals surface area contributed by atoms with Gasteiger partial charge in [0.25, 0.3) is 0 Å². The van der Waals surface area contributed by atoms with Crippen LogP contribution in [0.2, 0.25) is 0 Å². The molecule has 3 heteroatoms. The third kappa shape index (κ3) is 22.9. The van der Waals surface area contributed by atoms with Gasteiger partial charge >= 0.3 is 43.7 Å². The summed E-state index contributed by atoms with van der Waals surface area (Å²) in [7, 11) is 0. The van der Waals surface area contributed by atoms with Gasteiger partial charge in [-0.25, -0.2) is 0 Å². The van der Waals surface area contributed by atoms with Crippen LogP contribution in [-0.4, -0.2) is 48.8 Å². The molecule has 0 aromatic carbocycles. The minimum Gasteiger partial charge on any atom is -0.481 e. The van der Waals surface area contributed by atoms with Crippen molar-refractivity contribution in [3.05, 3.63) is 12.2 Å². The number of carboxylic acids is 1. The zero-order chi connectivity index (χ0) is 14.9. The normalized spacial score (nSPS) is 10.7. The monoisotopic (exact) mass is 322 g/mol. The van der Waals surface area contributed by atoms with Crippen LogP contribution in [0.1, 0.15) is 96.8 Å². The molecule has 0 rings (SSSR count). The Labute approximate surface area is 161 Å². The van der Waals surface area contributed by atoms with Crippen molar-refractivity contribution in [2.45, 2.75) is 96.8 Å². The number of rotatable bonds is 15. The maximum Gasteiger partial charge on any atom is 2.00 e. The molecule has 0 amide bonds. The van der Waals surface area contributed by atoms with Crippen molar-refractivity contribution in [3.8, 4) is 0 Å². The molecule has 21 heavy (non-hydrogen) atoms. The second-order valence-electron chi connectivity index (χ2n) is 5.73. The molecule has 118 valence electrons. The van der Waals surface area contributed by atoms with Crippen LogP contribution in [0.15, 0.2) is 12.2 Å². The van der Waals surface area contributed by atoms with Gasteiger partial charge in [-0.15, -0.1) is 0 Å². The van der Waals surface area contributed by atoms with Gasteiger partial charge in [0.2, 0.25) is 0 Å². The molecular formula is C18H34CaO2+2. The molecule has 0 atom stereocenters. The predicted octanol–water partition coefficient (Wildman–Crippen LogP) is 5.73. The average molecular weight is 323 g/mol. The Hall–Kier alpha value is 0.470. The van der Waals surface area contributed by atoms with E-state index in [0.29, 0.717) is 6.42 Å². The van der Waals surface area contributed by atoms with E-state index in [0.717, 1.165) is 12.8 Å². The van der Waals surface area contributed by atoms with E-state index in [1.54, 1.807) is 0 Å². The van der Waals surface area contributed by atoms with Gasteiger partial charge in [0.15, 0.2) is 0 Å². The van der Waals surface area contributed by atoms with Gasteiger partial charge in [0, 0.05) is 6.42 Å². The van der Waals surface area contributed by atoms with Crippen molar-refractivity contribution >= 4 is 43.7 Å². The molecule has 0 aromatic rings. The summed E-state index contributed by atoms with van der Waals surface area (Å²) >= 11 is 0. The summed E-state index contributed by atoms with van der Waals surface area (Å²) in [4.78, 5) is 10.3. The molecule has 0 bridgehead atoms. The van der Waals surface area contributed by atoms with Crippen molar-refractivity contribution in [3.63, 3.8) is 0 Å². The smallest absolute Gasteiger partial charge is 0.481 e. The Morgan fingerprint density at radius 1 is 0.762 bits per heavy atom. The first kappa shape index (κ1) is 23.7. The Balaban J connectivity index is 0. The molecule has 0 unspecified atom stereocenters.